The van der Waals surface area contributed by atoms with E-state index in [0.717, 1.165) is 21.9 Å². The number of anilines is 1. The second-order valence-electron chi connectivity index (χ2n) is 5.89. The van der Waals surface area contributed by atoms with Crippen LogP contribution in [-0.2, 0) is 0 Å². The molecule has 0 unspecified atom stereocenters. The second kappa shape index (κ2) is 6.71. The van der Waals surface area contributed by atoms with Gasteiger partial charge < -0.3 is 10.2 Å². The number of pyridine rings is 1. The smallest absolute Gasteiger partial charge is 0.126 e. The van der Waals surface area contributed by atoms with E-state index in [9.17, 15) is 0 Å². The zero-order valence-corrected chi connectivity index (χ0v) is 13.7. The molecule has 0 saturated heterocycles. The standard InChI is InChI=1S/C15H24BrN3/c1-11-14(16)8-9-15(17-11)18-13-6-4-12(5-7-13)10-19(2)3/h8-9,12-13H,4-7,10H2,1-3H3,(H,17,18). The number of rotatable bonds is 4. The predicted molar refractivity (Wildman–Crippen MR) is 84.6 cm³/mol. The molecule has 0 amide bonds. The van der Waals surface area contributed by atoms with Crippen molar-refractivity contribution >= 4 is 21.7 Å². The summed E-state index contributed by atoms with van der Waals surface area (Å²) in [6.45, 7) is 3.26. The third-order valence-electron chi connectivity index (χ3n) is 3.84. The van der Waals surface area contributed by atoms with Gasteiger partial charge in [-0.2, -0.15) is 0 Å². The Hall–Kier alpha value is -0.610. The summed E-state index contributed by atoms with van der Waals surface area (Å²) in [7, 11) is 4.33. The van der Waals surface area contributed by atoms with Gasteiger partial charge in [-0.25, -0.2) is 4.98 Å². The van der Waals surface area contributed by atoms with E-state index in [2.05, 4.69) is 57.4 Å². The maximum Gasteiger partial charge on any atom is 0.126 e. The maximum atomic E-state index is 4.57. The van der Waals surface area contributed by atoms with E-state index < -0.39 is 0 Å². The van der Waals surface area contributed by atoms with Crippen LogP contribution in [0.4, 0.5) is 5.82 Å². The van der Waals surface area contributed by atoms with E-state index >= 15 is 0 Å². The first-order chi connectivity index (χ1) is 9.04. The van der Waals surface area contributed by atoms with Crippen molar-refractivity contribution < 1.29 is 0 Å². The molecule has 0 bridgehead atoms. The summed E-state index contributed by atoms with van der Waals surface area (Å²) in [4.78, 5) is 6.87. The lowest BCUT2D eigenvalue weighted by Crippen LogP contribution is -2.31. The molecule has 4 heteroatoms. The van der Waals surface area contributed by atoms with Gasteiger partial charge in [-0.1, -0.05) is 0 Å². The van der Waals surface area contributed by atoms with Crippen LogP contribution in [0.1, 0.15) is 31.4 Å². The van der Waals surface area contributed by atoms with Crippen LogP contribution in [0.3, 0.4) is 0 Å². The van der Waals surface area contributed by atoms with E-state index in [-0.39, 0.29) is 0 Å². The summed E-state index contributed by atoms with van der Waals surface area (Å²) in [6.07, 6.45) is 5.17. The number of nitrogens with zero attached hydrogens (tertiary/aromatic N) is 2. The Morgan fingerprint density at radius 1 is 1.26 bits per heavy atom. The highest BCUT2D eigenvalue weighted by Crippen LogP contribution is 2.27. The van der Waals surface area contributed by atoms with Gasteiger partial charge in [0.2, 0.25) is 0 Å². The molecule has 3 nitrogen and oxygen atoms in total. The van der Waals surface area contributed by atoms with Gasteiger partial charge in [-0.15, -0.1) is 0 Å². The zero-order chi connectivity index (χ0) is 13.8. The number of halogens is 1. The van der Waals surface area contributed by atoms with Crippen LogP contribution in [0.5, 0.6) is 0 Å². The summed E-state index contributed by atoms with van der Waals surface area (Å²) in [5.41, 5.74) is 1.05. The minimum atomic E-state index is 0.589. The van der Waals surface area contributed by atoms with Crippen molar-refractivity contribution in [2.75, 3.05) is 26.0 Å². The number of aryl methyl sites for hydroxylation is 1. The molecule has 106 valence electrons. The van der Waals surface area contributed by atoms with Gasteiger partial charge in [-0.05, 0) is 80.7 Å². The van der Waals surface area contributed by atoms with Gasteiger partial charge in [0, 0.05) is 17.1 Å². The van der Waals surface area contributed by atoms with Crippen LogP contribution < -0.4 is 5.32 Å². The maximum absolute atomic E-state index is 4.57. The van der Waals surface area contributed by atoms with Gasteiger partial charge >= 0.3 is 0 Å². The van der Waals surface area contributed by atoms with E-state index in [1.165, 1.54) is 32.2 Å². The van der Waals surface area contributed by atoms with Gasteiger partial charge in [0.1, 0.15) is 5.82 Å². The Labute approximate surface area is 124 Å². The predicted octanol–water partition coefficient (Wildman–Crippen LogP) is 3.68. The Bertz CT molecular complexity index is 412. The van der Waals surface area contributed by atoms with Crippen molar-refractivity contribution in [3.05, 3.63) is 22.3 Å². The Kier molecular flexibility index (Phi) is 5.22. The molecule has 0 radical (unpaired) electrons. The first kappa shape index (κ1) is 14.8. The lowest BCUT2D eigenvalue weighted by atomic mass is 9.86. The van der Waals surface area contributed by atoms with Crippen LogP contribution in [0.15, 0.2) is 16.6 Å². The summed E-state index contributed by atoms with van der Waals surface area (Å²) in [6, 6.07) is 4.72. The molecule has 1 aliphatic rings. The third kappa shape index (κ3) is 4.46. The third-order valence-corrected chi connectivity index (χ3v) is 4.68. The quantitative estimate of drug-likeness (QED) is 0.915. The number of nitrogens with one attached hydrogen (secondary N) is 1. The van der Waals surface area contributed by atoms with E-state index in [1.807, 2.05) is 6.92 Å². The largest absolute Gasteiger partial charge is 0.367 e. The molecule has 1 N–H and O–H groups in total. The molecule has 1 aromatic rings. The summed E-state index contributed by atoms with van der Waals surface area (Å²) < 4.78 is 1.08. The van der Waals surface area contributed by atoms with Crippen molar-refractivity contribution in [1.29, 1.82) is 0 Å². The molecular weight excluding hydrogens is 302 g/mol. The molecular formula is C15H24BrN3. The fourth-order valence-corrected chi connectivity index (χ4v) is 3.06. The molecule has 1 aliphatic carbocycles. The van der Waals surface area contributed by atoms with Crippen LogP contribution in [0.2, 0.25) is 0 Å². The SMILES string of the molecule is Cc1nc(NC2CCC(CN(C)C)CC2)ccc1Br. The summed E-state index contributed by atoms with van der Waals surface area (Å²) in [5.74, 6) is 1.88. The molecule has 1 fully saturated rings. The first-order valence-electron chi connectivity index (χ1n) is 7.09. The summed E-state index contributed by atoms with van der Waals surface area (Å²) >= 11 is 3.49. The van der Waals surface area contributed by atoms with Crippen LogP contribution >= 0.6 is 15.9 Å². The highest BCUT2D eigenvalue weighted by molar-refractivity contribution is 9.10. The molecule has 0 spiro atoms. The molecule has 1 aromatic heterocycles. The zero-order valence-electron chi connectivity index (χ0n) is 12.1. The Morgan fingerprint density at radius 2 is 1.95 bits per heavy atom. The first-order valence-corrected chi connectivity index (χ1v) is 7.88. The van der Waals surface area contributed by atoms with Crippen LogP contribution in [0.25, 0.3) is 0 Å². The molecule has 0 aliphatic heterocycles. The lowest BCUT2D eigenvalue weighted by Gasteiger charge is -2.31. The van der Waals surface area contributed by atoms with Gasteiger partial charge in [-0.3, -0.25) is 0 Å². The minimum Gasteiger partial charge on any atom is -0.367 e. The van der Waals surface area contributed by atoms with Crippen molar-refractivity contribution in [3.8, 4) is 0 Å². The fraction of sp³-hybridized carbons (Fsp3) is 0.667. The van der Waals surface area contributed by atoms with Crippen molar-refractivity contribution in [2.45, 2.75) is 38.6 Å². The summed E-state index contributed by atoms with van der Waals surface area (Å²) in [5, 5.41) is 3.58. The molecule has 2 rings (SSSR count). The Morgan fingerprint density at radius 3 is 2.53 bits per heavy atom. The van der Waals surface area contributed by atoms with Crippen LogP contribution in [-0.4, -0.2) is 36.6 Å². The highest BCUT2D eigenvalue weighted by atomic mass is 79.9. The monoisotopic (exact) mass is 325 g/mol. The molecule has 0 atom stereocenters. The van der Waals surface area contributed by atoms with E-state index in [0.29, 0.717) is 6.04 Å². The second-order valence-corrected chi connectivity index (χ2v) is 6.74. The van der Waals surface area contributed by atoms with Crippen LogP contribution in [0, 0.1) is 12.8 Å². The Balaban J connectivity index is 1.83. The van der Waals surface area contributed by atoms with E-state index in [1.54, 1.807) is 0 Å². The molecule has 1 heterocycles. The average molecular weight is 326 g/mol. The fourth-order valence-electron chi connectivity index (χ4n) is 2.84. The average Bonchev–Trinajstić information content (AvgIpc) is 2.36. The van der Waals surface area contributed by atoms with Gasteiger partial charge in [0.05, 0.1) is 5.69 Å². The lowest BCUT2D eigenvalue weighted by molar-refractivity contribution is 0.255. The van der Waals surface area contributed by atoms with E-state index in [4.69, 9.17) is 0 Å². The number of hydrogen-bond acceptors (Lipinski definition) is 3. The van der Waals surface area contributed by atoms with Gasteiger partial charge in [0.25, 0.3) is 0 Å². The molecule has 0 aromatic carbocycles. The van der Waals surface area contributed by atoms with Crippen molar-refractivity contribution in [3.63, 3.8) is 0 Å². The molecule has 1 saturated carbocycles. The van der Waals surface area contributed by atoms with Crippen molar-refractivity contribution in [2.24, 2.45) is 5.92 Å². The topological polar surface area (TPSA) is 28.2 Å². The normalized spacial score (nSPS) is 23.6. The minimum absolute atomic E-state index is 0.589. The van der Waals surface area contributed by atoms with Gasteiger partial charge in [0.15, 0.2) is 0 Å². The molecule has 19 heavy (non-hydrogen) atoms. The number of hydrogen-bond donors (Lipinski definition) is 1. The number of aromatic nitrogens is 1. The highest BCUT2D eigenvalue weighted by Gasteiger charge is 2.21. The van der Waals surface area contributed by atoms with Crippen molar-refractivity contribution in [1.82, 2.24) is 9.88 Å².